The molecule has 1 amide bonds. The van der Waals surface area contributed by atoms with Gasteiger partial charge in [-0.2, -0.15) is 8.42 Å². The molecule has 0 spiro atoms. The highest BCUT2D eigenvalue weighted by Gasteiger charge is 2.19. The molecule has 0 atom stereocenters. The average molecular weight is 337 g/mol. The number of carboxylic acids is 1. The summed E-state index contributed by atoms with van der Waals surface area (Å²) in [5.74, 6) is -2.74. The number of carboxylic acid groups (broad SMARTS) is 1. The predicted octanol–water partition coefficient (Wildman–Crippen LogP) is 1.37. The van der Waals surface area contributed by atoms with E-state index in [-0.39, 0.29) is 16.5 Å². The molecule has 0 bridgehead atoms. The summed E-state index contributed by atoms with van der Waals surface area (Å²) >= 11 is 0. The van der Waals surface area contributed by atoms with Gasteiger partial charge in [0.15, 0.2) is 0 Å². The number of nitrogens with one attached hydrogen (secondary N) is 1. The van der Waals surface area contributed by atoms with Crippen LogP contribution >= 0.6 is 0 Å². The van der Waals surface area contributed by atoms with Crippen molar-refractivity contribution in [3.8, 4) is 5.75 Å². The topological polar surface area (TPSA) is 141 Å². The van der Waals surface area contributed by atoms with Gasteiger partial charge in [0.25, 0.3) is 10.1 Å². The second-order valence-corrected chi connectivity index (χ2v) is 5.84. The summed E-state index contributed by atoms with van der Waals surface area (Å²) in [6, 6.07) is 6.68. The van der Waals surface area contributed by atoms with Crippen LogP contribution in [0.1, 0.15) is 0 Å². The van der Waals surface area contributed by atoms with Crippen molar-refractivity contribution in [3.63, 3.8) is 0 Å². The van der Waals surface area contributed by atoms with E-state index in [9.17, 15) is 27.7 Å². The van der Waals surface area contributed by atoms with Crippen molar-refractivity contribution in [2.24, 2.45) is 0 Å². The molecule has 4 N–H and O–H groups in total. The standard InChI is InChI=1S/C14H11NO7S/c16-10-7-11(23(20,21)22)8-3-1-2-4-9(8)14(10)15-12(17)5-6-13(18)19/h1-7,16H,(H,15,17)(H,18,19)(H,20,21,22)/b6-5-. The Morgan fingerprint density at radius 1 is 1.09 bits per heavy atom. The van der Waals surface area contributed by atoms with Crippen LogP contribution in [0.5, 0.6) is 5.75 Å². The minimum absolute atomic E-state index is 0.0883. The lowest BCUT2D eigenvalue weighted by molar-refractivity contribution is -0.131. The van der Waals surface area contributed by atoms with Crippen LogP contribution in [0.2, 0.25) is 0 Å². The van der Waals surface area contributed by atoms with Gasteiger partial charge in [0.2, 0.25) is 5.91 Å². The number of anilines is 1. The second kappa shape index (κ2) is 6.07. The number of phenols is 1. The number of fused-ring (bicyclic) bond motifs is 1. The average Bonchev–Trinajstić information content (AvgIpc) is 2.46. The van der Waals surface area contributed by atoms with E-state index in [1.807, 2.05) is 0 Å². The van der Waals surface area contributed by atoms with Crippen molar-refractivity contribution < 1.29 is 32.8 Å². The molecule has 120 valence electrons. The van der Waals surface area contributed by atoms with Crippen LogP contribution in [0.3, 0.4) is 0 Å². The maximum atomic E-state index is 11.7. The number of aliphatic carboxylic acids is 1. The van der Waals surface area contributed by atoms with Crippen molar-refractivity contribution in [2.45, 2.75) is 4.90 Å². The van der Waals surface area contributed by atoms with Crippen LogP contribution in [0.15, 0.2) is 47.4 Å². The van der Waals surface area contributed by atoms with Crippen LogP contribution in [-0.4, -0.2) is 35.1 Å². The Kier molecular flexibility index (Phi) is 4.34. The van der Waals surface area contributed by atoms with Crippen LogP contribution in [0, 0.1) is 0 Å². The molecular weight excluding hydrogens is 326 g/mol. The van der Waals surface area contributed by atoms with E-state index in [1.165, 1.54) is 24.3 Å². The molecule has 8 nitrogen and oxygen atoms in total. The summed E-state index contributed by atoms with van der Waals surface area (Å²) in [5, 5.41) is 20.9. The van der Waals surface area contributed by atoms with Gasteiger partial charge in [0, 0.05) is 29.0 Å². The Labute approximate surface area is 130 Å². The van der Waals surface area contributed by atoms with Gasteiger partial charge >= 0.3 is 5.97 Å². The quantitative estimate of drug-likeness (QED) is 0.375. The molecule has 0 saturated carbocycles. The van der Waals surface area contributed by atoms with Gasteiger partial charge in [-0.05, 0) is 0 Å². The first-order valence-electron chi connectivity index (χ1n) is 6.14. The Morgan fingerprint density at radius 3 is 2.26 bits per heavy atom. The normalized spacial score (nSPS) is 11.7. The fourth-order valence-corrected chi connectivity index (χ4v) is 2.70. The van der Waals surface area contributed by atoms with Crippen molar-refractivity contribution in [1.82, 2.24) is 0 Å². The highest BCUT2D eigenvalue weighted by atomic mass is 32.2. The van der Waals surface area contributed by atoms with E-state index in [4.69, 9.17) is 5.11 Å². The summed E-state index contributed by atoms with van der Waals surface area (Å²) in [7, 11) is -4.58. The second-order valence-electron chi connectivity index (χ2n) is 4.45. The van der Waals surface area contributed by atoms with Gasteiger partial charge in [0.05, 0.1) is 5.69 Å². The maximum absolute atomic E-state index is 11.7. The molecule has 0 aromatic heterocycles. The van der Waals surface area contributed by atoms with Crippen LogP contribution in [0.25, 0.3) is 10.8 Å². The summed E-state index contributed by atoms with van der Waals surface area (Å²) in [5.41, 5.74) is -0.104. The monoisotopic (exact) mass is 337 g/mol. The Balaban J connectivity index is 2.61. The third-order valence-electron chi connectivity index (χ3n) is 2.89. The number of carbonyl (C=O) groups is 2. The third-order valence-corrected chi connectivity index (χ3v) is 3.78. The number of phenolic OH excluding ortho intramolecular Hbond substituents is 1. The molecule has 0 saturated heterocycles. The van der Waals surface area contributed by atoms with Gasteiger partial charge in [-0.1, -0.05) is 24.3 Å². The molecule has 2 aromatic carbocycles. The van der Waals surface area contributed by atoms with Gasteiger partial charge in [-0.3, -0.25) is 9.35 Å². The molecule has 0 aliphatic rings. The molecule has 0 aliphatic heterocycles. The molecule has 0 heterocycles. The number of carbonyl (C=O) groups excluding carboxylic acids is 1. The van der Waals surface area contributed by atoms with E-state index in [1.54, 1.807) is 0 Å². The third kappa shape index (κ3) is 3.65. The summed E-state index contributed by atoms with van der Waals surface area (Å²) in [4.78, 5) is 21.5. The van der Waals surface area contributed by atoms with Crippen LogP contribution in [0.4, 0.5) is 5.69 Å². The minimum atomic E-state index is -4.58. The first-order valence-corrected chi connectivity index (χ1v) is 7.58. The highest BCUT2D eigenvalue weighted by molar-refractivity contribution is 7.86. The molecule has 0 radical (unpaired) electrons. The van der Waals surface area contributed by atoms with Crippen molar-refractivity contribution in [1.29, 1.82) is 0 Å². The highest BCUT2D eigenvalue weighted by Crippen LogP contribution is 2.37. The maximum Gasteiger partial charge on any atom is 0.328 e. The molecule has 0 unspecified atom stereocenters. The largest absolute Gasteiger partial charge is 0.506 e. The fraction of sp³-hybridized carbons (Fsp3) is 0. The first-order chi connectivity index (χ1) is 10.7. The van der Waals surface area contributed by atoms with E-state index >= 15 is 0 Å². The molecule has 2 rings (SSSR count). The number of amides is 1. The lowest BCUT2D eigenvalue weighted by atomic mass is 10.1. The fourth-order valence-electron chi connectivity index (χ4n) is 1.98. The number of hydrogen-bond acceptors (Lipinski definition) is 5. The number of rotatable bonds is 4. The molecule has 0 fully saturated rings. The van der Waals surface area contributed by atoms with Crippen LogP contribution < -0.4 is 5.32 Å². The molecule has 23 heavy (non-hydrogen) atoms. The van der Waals surface area contributed by atoms with Crippen molar-refractivity contribution in [3.05, 3.63) is 42.5 Å². The van der Waals surface area contributed by atoms with E-state index in [0.717, 1.165) is 12.1 Å². The Bertz CT molecular complexity index is 932. The Hall–Kier alpha value is -2.91. The lowest BCUT2D eigenvalue weighted by Crippen LogP contribution is -2.10. The van der Waals surface area contributed by atoms with E-state index in [2.05, 4.69) is 5.32 Å². The Morgan fingerprint density at radius 2 is 1.70 bits per heavy atom. The SMILES string of the molecule is O=C(O)/C=C\C(=O)Nc1c(O)cc(S(=O)(=O)O)c2ccccc12. The zero-order valence-corrected chi connectivity index (χ0v) is 12.2. The zero-order valence-electron chi connectivity index (χ0n) is 11.4. The molecule has 9 heteroatoms. The zero-order chi connectivity index (χ0) is 17.2. The number of hydrogen-bond donors (Lipinski definition) is 4. The predicted molar refractivity (Wildman–Crippen MR) is 80.8 cm³/mol. The smallest absolute Gasteiger partial charge is 0.328 e. The molecular formula is C14H11NO7S. The van der Waals surface area contributed by atoms with Crippen molar-refractivity contribution in [2.75, 3.05) is 5.32 Å². The van der Waals surface area contributed by atoms with Gasteiger partial charge in [0.1, 0.15) is 10.6 Å². The number of aromatic hydroxyl groups is 1. The van der Waals surface area contributed by atoms with Crippen molar-refractivity contribution >= 4 is 38.5 Å². The van der Waals surface area contributed by atoms with E-state index < -0.39 is 32.6 Å². The van der Waals surface area contributed by atoms with Gasteiger partial charge < -0.3 is 15.5 Å². The molecule has 2 aromatic rings. The minimum Gasteiger partial charge on any atom is -0.506 e. The summed E-state index contributed by atoms with van der Waals surface area (Å²) in [6.07, 6.45) is 1.36. The number of benzene rings is 2. The summed E-state index contributed by atoms with van der Waals surface area (Å²) < 4.78 is 32.0. The molecule has 0 aliphatic carbocycles. The first kappa shape index (κ1) is 16.5. The van der Waals surface area contributed by atoms with E-state index in [0.29, 0.717) is 6.08 Å². The van der Waals surface area contributed by atoms with Gasteiger partial charge in [-0.25, -0.2) is 4.79 Å². The van der Waals surface area contributed by atoms with Gasteiger partial charge in [-0.15, -0.1) is 0 Å². The summed E-state index contributed by atoms with van der Waals surface area (Å²) in [6.45, 7) is 0. The lowest BCUT2D eigenvalue weighted by Gasteiger charge is -2.12. The van der Waals surface area contributed by atoms with Crippen LogP contribution in [-0.2, 0) is 19.7 Å².